The van der Waals surface area contributed by atoms with Crippen LogP contribution in [0.25, 0.3) is 0 Å². The largest absolute Gasteiger partial charge is 0.495 e. The van der Waals surface area contributed by atoms with Gasteiger partial charge in [0.05, 0.1) is 17.8 Å². The normalized spacial score (nSPS) is 11.2. The Labute approximate surface area is 135 Å². The van der Waals surface area contributed by atoms with E-state index in [0.717, 1.165) is 0 Å². The number of anilines is 1. The molecule has 0 amide bonds. The fourth-order valence-electron chi connectivity index (χ4n) is 1.64. The number of methoxy groups -OCH3 is 1. The quantitative estimate of drug-likeness (QED) is 0.851. The Morgan fingerprint density at radius 1 is 1.29 bits per heavy atom. The predicted molar refractivity (Wildman–Crippen MR) is 82.9 cm³/mol. The summed E-state index contributed by atoms with van der Waals surface area (Å²) in [7, 11) is -2.67. The van der Waals surface area contributed by atoms with Crippen molar-refractivity contribution >= 4 is 43.2 Å². The Balaban J connectivity index is 2.48. The van der Waals surface area contributed by atoms with Crippen molar-refractivity contribution in [1.29, 1.82) is 0 Å². The standard InChI is InChI=1S/C13H10BrClFNO3S/c1-20-11-6-5-8(14)7-12(11)21(18,19)17-10-4-2-3-9(15)13(10)16/h2-7,17H,1H3. The van der Waals surface area contributed by atoms with Crippen LogP contribution in [-0.2, 0) is 10.0 Å². The smallest absolute Gasteiger partial charge is 0.265 e. The highest BCUT2D eigenvalue weighted by Gasteiger charge is 2.22. The number of sulfonamides is 1. The molecule has 0 aliphatic rings. The molecule has 21 heavy (non-hydrogen) atoms. The first-order chi connectivity index (χ1) is 9.85. The molecule has 0 unspecified atom stereocenters. The van der Waals surface area contributed by atoms with Gasteiger partial charge in [0.2, 0.25) is 0 Å². The van der Waals surface area contributed by atoms with Crippen molar-refractivity contribution < 1.29 is 17.5 Å². The van der Waals surface area contributed by atoms with Gasteiger partial charge in [0, 0.05) is 4.47 Å². The Hall–Kier alpha value is -1.31. The van der Waals surface area contributed by atoms with Gasteiger partial charge in [-0.15, -0.1) is 0 Å². The lowest BCUT2D eigenvalue weighted by molar-refractivity contribution is 0.402. The first-order valence-corrected chi connectivity index (χ1v) is 8.31. The molecule has 4 nitrogen and oxygen atoms in total. The van der Waals surface area contributed by atoms with Crippen LogP contribution in [0, 0.1) is 5.82 Å². The van der Waals surface area contributed by atoms with Crippen molar-refractivity contribution in [2.45, 2.75) is 4.90 Å². The van der Waals surface area contributed by atoms with E-state index in [2.05, 4.69) is 20.7 Å². The summed E-state index contributed by atoms with van der Waals surface area (Å²) >= 11 is 8.82. The van der Waals surface area contributed by atoms with Crippen LogP contribution in [-0.4, -0.2) is 15.5 Å². The molecule has 0 aliphatic carbocycles. The molecule has 0 aromatic heterocycles. The lowest BCUT2D eigenvalue weighted by atomic mass is 10.3. The number of nitrogens with one attached hydrogen (secondary N) is 1. The van der Waals surface area contributed by atoms with Gasteiger partial charge in [-0.2, -0.15) is 0 Å². The minimum atomic E-state index is -4.02. The molecule has 112 valence electrons. The van der Waals surface area contributed by atoms with Crippen LogP contribution in [0.4, 0.5) is 10.1 Å². The van der Waals surface area contributed by atoms with Gasteiger partial charge in [-0.1, -0.05) is 33.6 Å². The maximum Gasteiger partial charge on any atom is 0.265 e. The Morgan fingerprint density at radius 2 is 2.00 bits per heavy atom. The minimum Gasteiger partial charge on any atom is -0.495 e. The Kier molecular flexibility index (Phi) is 4.75. The molecule has 2 aromatic carbocycles. The SMILES string of the molecule is COc1ccc(Br)cc1S(=O)(=O)Nc1cccc(Cl)c1F. The highest BCUT2D eigenvalue weighted by Crippen LogP contribution is 2.30. The second-order valence-electron chi connectivity index (χ2n) is 4.00. The molecule has 0 heterocycles. The molecule has 0 aliphatic heterocycles. The fraction of sp³-hybridized carbons (Fsp3) is 0.0769. The van der Waals surface area contributed by atoms with Crippen molar-refractivity contribution in [1.82, 2.24) is 0 Å². The highest BCUT2D eigenvalue weighted by molar-refractivity contribution is 9.10. The third-order valence-corrected chi connectivity index (χ3v) is 4.78. The van der Waals surface area contributed by atoms with Crippen LogP contribution >= 0.6 is 27.5 Å². The van der Waals surface area contributed by atoms with Crippen LogP contribution < -0.4 is 9.46 Å². The van der Waals surface area contributed by atoms with Crippen molar-refractivity contribution in [2.75, 3.05) is 11.8 Å². The zero-order valence-electron chi connectivity index (χ0n) is 10.7. The van der Waals surface area contributed by atoms with Crippen molar-refractivity contribution in [2.24, 2.45) is 0 Å². The van der Waals surface area contributed by atoms with E-state index in [1.165, 1.54) is 37.4 Å². The van der Waals surface area contributed by atoms with Gasteiger partial charge in [0.25, 0.3) is 10.0 Å². The van der Waals surface area contributed by atoms with E-state index < -0.39 is 15.8 Å². The van der Waals surface area contributed by atoms with Gasteiger partial charge in [-0.05, 0) is 30.3 Å². The summed E-state index contributed by atoms with van der Waals surface area (Å²) in [5.74, 6) is -0.690. The summed E-state index contributed by atoms with van der Waals surface area (Å²) in [4.78, 5) is -0.112. The van der Waals surface area contributed by atoms with Crippen molar-refractivity contribution in [3.05, 3.63) is 51.7 Å². The first-order valence-electron chi connectivity index (χ1n) is 5.65. The van der Waals surface area contributed by atoms with Gasteiger partial charge >= 0.3 is 0 Å². The maximum atomic E-state index is 13.8. The molecule has 0 atom stereocenters. The van der Waals surface area contributed by atoms with Crippen LogP contribution in [0.5, 0.6) is 5.75 Å². The van der Waals surface area contributed by atoms with Gasteiger partial charge in [-0.3, -0.25) is 4.72 Å². The van der Waals surface area contributed by atoms with Crippen LogP contribution in [0.3, 0.4) is 0 Å². The monoisotopic (exact) mass is 393 g/mol. The van der Waals surface area contributed by atoms with Crippen molar-refractivity contribution in [3.8, 4) is 5.75 Å². The van der Waals surface area contributed by atoms with E-state index in [9.17, 15) is 12.8 Å². The molecule has 0 fully saturated rings. The van der Waals surface area contributed by atoms with Crippen LogP contribution in [0.15, 0.2) is 45.8 Å². The summed E-state index contributed by atoms with van der Waals surface area (Å²) in [5.41, 5.74) is -0.232. The highest BCUT2D eigenvalue weighted by atomic mass is 79.9. The molecule has 0 saturated heterocycles. The molecule has 0 bridgehead atoms. The number of hydrogen-bond donors (Lipinski definition) is 1. The van der Waals surface area contributed by atoms with E-state index in [1.54, 1.807) is 6.07 Å². The average molecular weight is 395 g/mol. The van der Waals surface area contributed by atoms with Gasteiger partial charge in [0.15, 0.2) is 5.82 Å². The second kappa shape index (κ2) is 6.21. The number of rotatable bonds is 4. The van der Waals surface area contributed by atoms with Gasteiger partial charge in [0.1, 0.15) is 10.6 Å². The summed E-state index contributed by atoms with van der Waals surface area (Å²) in [5, 5.41) is -0.170. The second-order valence-corrected chi connectivity index (χ2v) is 6.98. The molecule has 8 heteroatoms. The number of halogens is 3. The van der Waals surface area contributed by atoms with Gasteiger partial charge in [-0.25, -0.2) is 12.8 Å². The third kappa shape index (κ3) is 3.48. The Bertz CT molecular complexity index is 783. The lowest BCUT2D eigenvalue weighted by Crippen LogP contribution is -2.15. The predicted octanol–water partition coefficient (Wildman–Crippen LogP) is 4.05. The molecular formula is C13H10BrClFNO3S. The van der Waals surface area contributed by atoms with Crippen molar-refractivity contribution in [3.63, 3.8) is 0 Å². The molecule has 2 aromatic rings. The van der Waals surface area contributed by atoms with Crippen LogP contribution in [0.2, 0.25) is 5.02 Å². The summed E-state index contributed by atoms with van der Waals surface area (Å²) < 4.78 is 46.3. The topological polar surface area (TPSA) is 55.4 Å². The third-order valence-electron chi connectivity index (χ3n) is 2.61. The van der Waals surface area contributed by atoms with Crippen LogP contribution in [0.1, 0.15) is 0 Å². The summed E-state index contributed by atoms with van der Waals surface area (Å²) in [6, 6.07) is 8.55. The summed E-state index contributed by atoms with van der Waals surface area (Å²) in [6.07, 6.45) is 0. The minimum absolute atomic E-state index is 0.112. The lowest BCUT2D eigenvalue weighted by Gasteiger charge is -2.12. The molecule has 0 saturated carbocycles. The van der Waals surface area contributed by atoms with E-state index in [1.807, 2.05) is 0 Å². The molecule has 0 spiro atoms. The van der Waals surface area contributed by atoms with E-state index in [-0.39, 0.29) is 21.4 Å². The van der Waals surface area contributed by atoms with Gasteiger partial charge < -0.3 is 4.74 Å². The van der Waals surface area contributed by atoms with E-state index in [4.69, 9.17) is 16.3 Å². The first kappa shape index (κ1) is 16.1. The van der Waals surface area contributed by atoms with E-state index >= 15 is 0 Å². The number of benzene rings is 2. The average Bonchev–Trinajstić information content (AvgIpc) is 2.44. The number of hydrogen-bond acceptors (Lipinski definition) is 3. The number of ether oxygens (including phenoxy) is 1. The molecular weight excluding hydrogens is 385 g/mol. The summed E-state index contributed by atoms with van der Waals surface area (Å²) in [6.45, 7) is 0. The maximum absolute atomic E-state index is 13.8. The molecule has 0 radical (unpaired) electrons. The Morgan fingerprint density at radius 3 is 2.67 bits per heavy atom. The fourth-order valence-corrected chi connectivity index (χ4v) is 3.59. The zero-order valence-corrected chi connectivity index (χ0v) is 13.9. The molecule has 1 N–H and O–H groups in total. The zero-order chi connectivity index (χ0) is 15.6. The van der Waals surface area contributed by atoms with E-state index in [0.29, 0.717) is 4.47 Å². The molecule has 2 rings (SSSR count).